The van der Waals surface area contributed by atoms with E-state index < -0.39 is 23.6 Å². The molecular formula is C15H22N6O3. The van der Waals surface area contributed by atoms with Crippen molar-refractivity contribution in [2.24, 2.45) is 5.73 Å². The van der Waals surface area contributed by atoms with E-state index in [9.17, 15) is 14.7 Å². The van der Waals surface area contributed by atoms with Gasteiger partial charge in [-0.2, -0.15) is 0 Å². The SMILES string of the molecule is C=CCC(C(=O)O)(C(NC(N)=O)c1ncccn1)N1CCNCC1. The lowest BCUT2D eigenvalue weighted by molar-refractivity contribution is -0.155. The van der Waals surface area contributed by atoms with Crippen LogP contribution in [0.3, 0.4) is 0 Å². The summed E-state index contributed by atoms with van der Waals surface area (Å²) in [6, 6.07) is -0.229. The van der Waals surface area contributed by atoms with Gasteiger partial charge in [0.2, 0.25) is 0 Å². The summed E-state index contributed by atoms with van der Waals surface area (Å²) in [5.41, 5.74) is 3.83. The zero-order valence-corrected chi connectivity index (χ0v) is 13.3. The molecular weight excluding hydrogens is 312 g/mol. The zero-order chi connectivity index (χ0) is 17.6. The fourth-order valence-electron chi connectivity index (χ4n) is 3.06. The van der Waals surface area contributed by atoms with Gasteiger partial charge in [0, 0.05) is 38.6 Å². The Morgan fingerprint density at radius 1 is 1.46 bits per heavy atom. The number of aromatic nitrogens is 2. The maximum Gasteiger partial charge on any atom is 0.327 e. The van der Waals surface area contributed by atoms with Crippen LogP contribution in [0.15, 0.2) is 31.1 Å². The molecule has 0 aliphatic carbocycles. The average Bonchev–Trinajstić information content (AvgIpc) is 2.59. The quantitative estimate of drug-likeness (QED) is 0.493. The van der Waals surface area contributed by atoms with Crippen LogP contribution in [0.25, 0.3) is 0 Å². The van der Waals surface area contributed by atoms with Crippen LogP contribution in [-0.2, 0) is 4.79 Å². The summed E-state index contributed by atoms with van der Waals surface area (Å²) >= 11 is 0. The standard InChI is InChI=1S/C15H22N6O3/c1-2-4-15(13(22)23,21-9-7-17-8-10-21)11(20-14(16)24)12-18-5-3-6-19-12/h2-3,5-6,11,17H,1,4,7-10H2,(H,22,23)(H3,16,20,24). The minimum Gasteiger partial charge on any atom is -0.480 e. The Balaban J connectivity index is 2.56. The third kappa shape index (κ3) is 3.52. The Labute approximate surface area is 140 Å². The minimum absolute atomic E-state index is 0.103. The fourth-order valence-corrected chi connectivity index (χ4v) is 3.06. The van der Waals surface area contributed by atoms with Gasteiger partial charge in [0.05, 0.1) is 0 Å². The molecule has 0 spiro atoms. The van der Waals surface area contributed by atoms with Gasteiger partial charge in [-0.05, 0) is 12.5 Å². The third-order valence-electron chi connectivity index (χ3n) is 4.12. The summed E-state index contributed by atoms with van der Waals surface area (Å²) in [6.45, 7) is 5.98. The zero-order valence-electron chi connectivity index (χ0n) is 13.3. The predicted octanol–water partition coefficient (Wildman–Crippen LogP) is -0.509. The van der Waals surface area contributed by atoms with Crippen molar-refractivity contribution in [3.05, 3.63) is 36.9 Å². The summed E-state index contributed by atoms with van der Waals surface area (Å²) in [7, 11) is 0. The van der Waals surface area contributed by atoms with Crippen molar-refractivity contribution in [2.75, 3.05) is 26.2 Å². The van der Waals surface area contributed by atoms with E-state index in [1.54, 1.807) is 6.07 Å². The first-order valence-corrected chi connectivity index (χ1v) is 7.65. The number of amides is 2. The van der Waals surface area contributed by atoms with Crippen LogP contribution in [0.1, 0.15) is 18.3 Å². The number of nitrogens with zero attached hydrogens (tertiary/aromatic N) is 3. The second-order valence-corrected chi connectivity index (χ2v) is 5.51. The number of piperazine rings is 1. The Bertz CT molecular complexity index is 590. The van der Waals surface area contributed by atoms with E-state index in [0.717, 1.165) is 0 Å². The lowest BCUT2D eigenvalue weighted by Crippen LogP contribution is -2.66. The normalized spacial score (nSPS) is 19.0. The third-order valence-corrected chi connectivity index (χ3v) is 4.12. The first-order chi connectivity index (χ1) is 11.5. The highest BCUT2D eigenvalue weighted by molar-refractivity contribution is 5.82. The van der Waals surface area contributed by atoms with Gasteiger partial charge in [-0.1, -0.05) is 6.08 Å². The Morgan fingerprint density at radius 2 is 2.08 bits per heavy atom. The number of hydrogen-bond acceptors (Lipinski definition) is 6. The molecule has 1 aromatic rings. The van der Waals surface area contributed by atoms with Gasteiger partial charge < -0.3 is 21.5 Å². The van der Waals surface area contributed by atoms with Gasteiger partial charge in [0.25, 0.3) is 0 Å². The molecule has 1 aliphatic heterocycles. The van der Waals surface area contributed by atoms with Crippen molar-refractivity contribution in [2.45, 2.75) is 18.0 Å². The van der Waals surface area contributed by atoms with Gasteiger partial charge in [-0.15, -0.1) is 6.58 Å². The number of carboxylic acids is 1. The summed E-state index contributed by atoms with van der Waals surface area (Å²) < 4.78 is 0. The lowest BCUT2D eigenvalue weighted by Gasteiger charge is -2.46. The van der Waals surface area contributed by atoms with Crippen LogP contribution in [0, 0.1) is 0 Å². The highest BCUT2D eigenvalue weighted by atomic mass is 16.4. The van der Waals surface area contributed by atoms with E-state index in [4.69, 9.17) is 5.73 Å². The lowest BCUT2D eigenvalue weighted by atomic mass is 9.83. The molecule has 0 aromatic carbocycles. The number of nitrogens with two attached hydrogens (primary N) is 1. The molecule has 1 fully saturated rings. The van der Waals surface area contributed by atoms with Crippen LogP contribution in [-0.4, -0.2) is 63.7 Å². The molecule has 130 valence electrons. The molecule has 2 unspecified atom stereocenters. The van der Waals surface area contributed by atoms with Crippen molar-refractivity contribution >= 4 is 12.0 Å². The maximum absolute atomic E-state index is 12.3. The number of hydrogen-bond donors (Lipinski definition) is 4. The van der Waals surface area contributed by atoms with Gasteiger partial charge in [0.1, 0.15) is 6.04 Å². The van der Waals surface area contributed by atoms with E-state index in [2.05, 4.69) is 27.2 Å². The van der Waals surface area contributed by atoms with Crippen LogP contribution < -0.4 is 16.4 Å². The minimum atomic E-state index is -1.47. The van der Waals surface area contributed by atoms with E-state index in [0.29, 0.717) is 26.2 Å². The highest BCUT2D eigenvalue weighted by Gasteiger charge is 2.52. The number of carbonyl (C=O) groups is 2. The Kier molecular flexibility index (Phi) is 5.83. The second-order valence-electron chi connectivity index (χ2n) is 5.51. The number of nitrogens with one attached hydrogen (secondary N) is 2. The predicted molar refractivity (Wildman–Crippen MR) is 87.1 cm³/mol. The molecule has 1 aliphatic rings. The molecule has 1 aromatic heterocycles. The Morgan fingerprint density at radius 3 is 2.58 bits per heavy atom. The molecule has 2 atom stereocenters. The number of primary amides is 1. The highest BCUT2D eigenvalue weighted by Crippen LogP contribution is 2.34. The first kappa shape index (κ1) is 17.8. The van der Waals surface area contributed by atoms with E-state index in [1.165, 1.54) is 18.5 Å². The van der Waals surface area contributed by atoms with Crippen molar-refractivity contribution in [1.82, 2.24) is 25.5 Å². The largest absolute Gasteiger partial charge is 0.480 e. The van der Waals surface area contributed by atoms with Crippen LogP contribution in [0.4, 0.5) is 4.79 Å². The van der Waals surface area contributed by atoms with Gasteiger partial charge in [-0.3, -0.25) is 9.69 Å². The van der Waals surface area contributed by atoms with Crippen molar-refractivity contribution in [3.8, 4) is 0 Å². The summed E-state index contributed by atoms with van der Waals surface area (Å²) in [5.74, 6) is -0.894. The second kappa shape index (κ2) is 7.84. The first-order valence-electron chi connectivity index (χ1n) is 7.65. The summed E-state index contributed by atoms with van der Waals surface area (Å²) in [5, 5.41) is 15.8. The topological polar surface area (TPSA) is 133 Å². The maximum atomic E-state index is 12.3. The molecule has 9 nitrogen and oxygen atoms in total. The monoisotopic (exact) mass is 334 g/mol. The smallest absolute Gasteiger partial charge is 0.327 e. The molecule has 24 heavy (non-hydrogen) atoms. The molecule has 0 bridgehead atoms. The fraction of sp³-hybridized carbons (Fsp3) is 0.467. The van der Waals surface area contributed by atoms with Crippen molar-refractivity contribution in [1.29, 1.82) is 0 Å². The molecule has 0 radical (unpaired) electrons. The number of rotatable bonds is 7. The van der Waals surface area contributed by atoms with E-state index in [1.807, 2.05) is 4.90 Å². The van der Waals surface area contributed by atoms with Crippen molar-refractivity contribution < 1.29 is 14.7 Å². The van der Waals surface area contributed by atoms with Gasteiger partial charge in [0.15, 0.2) is 11.4 Å². The van der Waals surface area contributed by atoms with E-state index >= 15 is 0 Å². The number of carbonyl (C=O) groups excluding carboxylic acids is 1. The van der Waals surface area contributed by atoms with Gasteiger partial charge in [-0.25, -0.2) is 14.8 Å². The number of urea groups is 1. The van der Waals surface area contributed by atoms with Gasteiger partial charge >= 0.3 is 12.0 Å². The number of carboxylic acid groups (broad SMARTS) is 1. The average molecular weight is 334 g/mol. The van der Waals surface area contributed by atoms with Crippen molar-refractivity contribution in [3.63, 3.8) is 0 Å². The Hall–Kier alpha value is -2.52. The summed E-state index contributed by atoms with van der Waals surface area (Å²) in [4.78, 5) is 34.0. The van der Waals surface area contributed by atoms with Crippen LogP contribution in [0.5, 0.6) is 0 Å². The molecule has 9 heteroatoms. The molecule has 2 amide bonds. The molecule has 1 saturated heterocycles. The summed E-state index contributed by atoms with van der Waals surface area (Å²) in [6.07, 6.45) is 4.62. The van der Waals surface area contributed by atoms with E-state index in [-0.39, 0.29) is 12.2 Å². The molecule has 5 N–H and O–H groups in total. The molecule has 0 saturated carbocycles. The number of aliphatic carboxylic acids is 1. The molecule has 2 heterocycles. The molecule has 2 rings (SSSR count). The van der Waals surface area contributed by atoms with Crippen LogP contribution in [0.2, 0.25) is 0 Å². The van der Waals surface area contributed by atoms with Crippen LogP contribution >= 0.6 is 0 Å².